The van der Waals surface area contributed by atoms with Crippen molar-refractivity contribution in [1.29, 1.82) is 0 Å². The second-order valence-corrected chi connectivity index (χ2v) is 7.61. The molecule has 2 aromatic rings. The topological polar surface area (TPSA) is 35.6 Å². The molecule has 2 heterocycles. The van der Waals surface area contributed by atoms with Crippen molar-refractivity contribution in [1.82, 2.24) is 4.90 Å². The van der Waals surface area contributed by atoms with Crippen molar-refractivity contribution in [2.45, 2.75) is 31.7 Å². The van der Waals surface area contributed by atoms with Crippen LogP contribution in [0.15, 0.2) is 42.5 Å². The van der Waals surface area contributed by atoms with Crippen molar-refractivity contribution in [2.75, 3.05) is 36.9 Å². The van der Waals surface area contributed by atoms with Crippen LogP contribution in [0.4, 0.5) is 15.8 Å². The fraction of sp³-hybridized carbons (Fsp3) is 0.409. The molecule has 1 N–H and O–H groups in total. The number of rotatable bonds is 3. The quantitative estimate of drug-likeness (QED) is 0.893. The summed E-state index contributed by atoms with van der Waals surface area (Å²) in [6, 6.07) is 12.7. The number of amides is 1. The number of likely N-dealkylation sites (tertiary alicyclic amines) is 1. The van der Waals surface area contributed by atoms with Crippen LogP contribution in [0.5, 0.6) is 0 Å². The third kappa shape index (κ3) is 3.92. The molecule has 1 saturated heterocycles. The van der Waals surface area contributed by atoms with Gasteiger partial charge >= 0.3 is 0 Å². The Hall–Kier alpha value is -2.56. The van der Waals surface area contributed by atoms with E-state index in [9.17, 15) is 9.18 Å². The molecule has 0 spiro atoms. The number of aryl methyl sites for hydroxylation is 1. The van der Waals surface area contributed by atoms with Gasteiger partial charge in [-0.15, -0.1) is 0 Å². The average molecular weight is 367 g/mol. The number of carbonyl (C=O) groups excluding carboxylic acids is 1. The number of piperidine rings is 1. The van der Waals surface area contributed by atoms with E-state index in [1.54, 1.807) is 12.1 Å². The van der Waals surface area contributed by atoms with Gasteiger partial charge in [0.1, 0.15) is 5.82 Å². The van der Waals surface area contributed by atoms with Crippen molar-refractivity contribution in [3.8, 4) is 0 Å². The van der Waals surface area contributed by atoms with E-state index >= 15 is 0 Å². The lowest BCUT2D eigenvalue weighted by molar-refractivity contribution is 0.0714. The Morgan fingerprint density at radius 1 is 1.11 bits per heavy atom. The summed E-state index contributed by atoms with van der Waals surface area (Å²) in [7, 11) is 2.11. The Morgan fingerprint density at radius 3 is 2.74 bits per heavy atom. The monoisotopic (exact) mass is 367 g/mol. The molecule has 2 aromatic carbocycles. The van der Waals surface area contributed by atoms with Crippen molar-refractivity contribution >= 4 is 17.3 Å². The third-order valence-corrected chi connectivity index (χ3v) is 5.60. The summed E-state index contributed by atoms with van der Waals surface area (Å²) in [5.74, 6) is -0.129. The van der Waals surface area contributed by atoms with Crippen LogP contribution in [0.25, 0.3) is 0 Å². The van der Waals surface area contributed by atoms with Gasteiger partial charge in [0.25, 0.3) is 5.91 Å². The molecule has 1 amide bonds. The van der Waals surface area contributed by atoms with Crippen LogP contribution in [0.1, 0.15) is 35.2 Å². The van der Waals surface area contributed by atoms with Gasteiger partial charge in [0.2, 0.25) is 0 Å². The summed E-state index contributed by atoms with van der Waals surface area (Å²) < 4.78 is 13.1. The normalized spacial score (nSPS) is 19.6. The number of nitrogens with zero attached hydrogens (tertiary/aromatic N) is 2. The lowest BCUT2D eigenvalue weighted by atomic mass is 9.98. The van der Waals surface area contributed by atoms with E-state index in [1.165, 1.54) is 23.4 Å². The van der Waals surface area contributed by atoms with Crippen LogP contribution in [0.2, 0.25) is 0 Å². The minimum Gasteiger partial charge on any atom is -0.381 e. The number of hydrogen-bond acceptors (Lipinski definition) is 3. The Balaban J connectivity index is 1.44. The minimum atomic E-state index is -0.237. The van der Waals surface area contributed by atoms with Gasteiger partial charge in [0, 0.05) is 49.7 Å². The number of anilines is 2. The van der Waals surface area contributed by atoms with E-state index in [2.05, 4.69) is 29.4 Å². The second-order valence-electron chi connectivity index (χ2n) is 7.61. The molecule has 142 valence electrons. The fourth-order valence-electron chi connectivity index (χ4n) is 4.16. The van der Waals surface area contributed by atoms with Crippen molar-refractivity contribution < 1.29 is 9.18 Å². The molecule has 1 fully saturated rings. The summed E-state index contributed by atoms with van der Waals surface area (Å²) in [6.45, 7) is 2.54. The number of halogens is 1. The van der Waals surface area contributed by atoms with Crippen LogP contribution in [-0.2, 0) is 6.42 Å². The first-order chi connectivity index (χ1) is 13.1. The molecule has 27 heavy (non-hydrogen) atoms. The minimum absolute atomic E-state index is 0.108. The first kappa shape index (κ1) is 17.8. The van der Waals surface area contributed by atoms with Gasteiger partial charge in [-0.2, -0.15) is 0 Å². The van der Waals surface area contributed by atoms with E-state index in [1.807, 2.05) is 11.0 Å². The SMILES string of the molecule is CN1CCCc2cc(C(=O)N3CCC[C@@H](Nc4ccc(F)cc4)C3)ccc21. The predicted molar refractivity (Wildman–Crippen MR) is 107 cm³/mol. The zero-order valence-electron chi connectivity index (χ0n) is 15.7. The van der Waals surface area contributed by atoms with Gasteiger partial charge in [-0.25, -0.2) is 4.39 Å². The van der Waals surface area contributed by atoms with E-state index < -0.39 is 0 Å². The highest BCUT2D eigenvalue weighted by Gasteiger charge is 2.25. The highest BCUT2D eigenvalue weighted by atomic mass is 19.1. The van der Waals surface area contributed by atoms with Gasteiger partial charge in [0.15, 0.2) is 0 Å². The Kier molecular flexibility index (Phi) is 5.01. The van der Waals surface area contributed by atoms with Crippen LogP contribution < -0.4 is 10.2 Å². The van der Waals surface area contributed by atoms with Crippen molar-refractivity contribution in [2.24, 2.45) is 0 Å². The third-order valence-electron chi connectivity index (χ3n) is 5.60. The Bertz CT molecular complexity index is 821. The summed E-state index contributed by atoms with van der Waals surface area (Å²) in [5.41, 5.74) is 4.19. The number of hydrogen-bond donors (Lipinski definition) is 1. The zero-order chi connectivity index (χ0) is 18.8. The van der Waals surface area contributed by atoms with E-state index in [0.29, 0.717) is 6.54 Å². The number of fused-ring (bicyclic) bond motifs is 1. The Morgan fingerprint density at radius 2 is 1.93 bits per heavy atom. The first-order valence-corrected chi connectivity index (χ1v) is 9.75. The standard InChI is InChI=1S/C22H26FN3O/c1-25-12-2-4-16-14-17(6-11-21(16)25)22(27)26-13-3-5-20(15-26)24-19-9-7-18(23)8-10-19/h6-11,14,20,24H,2-5,12-13,15H2,1H3/t20-/m1/s1. The maximum Gasteiger partial charge on any atom is 0.253 e. The summed E-state index contributed by atoms with van der Waals surface area (Å²) in [6.07, 6.45) is 4.15. The predicted octanol–water partition coefficient (Wildman–Crippen LogP) is 3.92. The summed E-state index contributed by atoms with van der Waals surface area (Å²) in [4.78, 5) is 17.2. The van der Waals surface area contributed by atoms with Crippen LogP contribution in [0.3, 0.4) is 0 Å². The van der Waals surface area contributed by atoms with E-state index in [0.717, 1.165) is 50.0 Å². The van der Waals surface area contributed by atoms with E-state index in [4.69, 9.17) is 0 Å². The van der Waals surface area contributed by atoms with Crippen LogP contribution >= 0.6 is 0 Å². The van der Waals surface area contributed by atoms with Crippen LogP contribution in [0, 0.1) is 5.82 Å². The van der Waals surface area contributed by atoms with Crippen LogP contribution in [-0.4, -0.2) is 43.5 Å². The summed E-state index contributed by atoms with van der Waals surface area (Å²) in [5, 5.41) is 3.43. The van der Waals surface area contributed by atoms with Crippen molar-refractivity contribution in [3.05, 3.63) is 59.4 Å². The molecule has 4 rings (SSSR count). The Labute approximate surface area is 160 Å². The smallest absolute Gasteiger partial charge is 0.253 e. The highest BCUT2D eigenvalue weighted by molar-refractivity contribution is 5.95. The average Bonchev–Trinajstić information content (AvgIpc) is 2.69. The molecular formula is C22H26FN3O. The molecule has 0 aliphatic carbocycles. The molecule has 0 bridgehead atoms. The molecule has 0 radical (unpaired) electrons. The molecule has 0 aromatic heterocycles. The molecule has 5 heteroatoms. The van der Waals surface area contributed by atoms with Gasteiger partial charge < -0.3 is 15.1 Å². The van der Waals surface area contributed by atoms with Gasteiger partial charge in [-0.1, -0.05) is 0 Å². The highest BCUT2D eigenvalue weighted by Crippen LogP contribution is 2.28. The molecule has 4 nitrogen and oxygen atoms in total. The van der Waals surface area contributed by atoms with Gasteiger partial charge in [0.05, 0.1) is 0 Å². The molecule has 2 aliphatic rings. The molecule has 1 atom stereocenters. The van der Waals surface area contributed by atoms with Gasteiger partial charge in [-0.05, 0) is 73.7 Å². The maximum atomic E-state index is 13.1. The number of benzene rings is 2. The lowest BCUT2D eigenvalue weighted by Gasteiger charge is -2.34. The second kappa shape index (κ2) is 7.59. The number of nitrogens with one attached hydrogen (secondary N) is 1. The molecular weight excluding hydrogens is 341 g/mol. The van der Waals surface area contributed by atoms with Crippen molar-refractivity contribution in [3.63, 3.8) is 0 Å². The first-order valence-electron chi connectivity index (χ1n) is 9.75. The largest absolute Gasteiger partial charge is 0.381 e. The zero-order valence-corrected chi connectivity index (χ0v) is 15.7. The van der Waals surface area contributed by atoms with E-state index in [-0.39, 0.29) is 17.8 Å². The molecule has 0 saturated carbocycles. The van der Waals surface area contributed by atoms with Gasteiger partial charge in [-0.3, -0.25) is 4.79 Å². The number of carbonyl (C=O) groups is 1. The fourth-order valence-corrected chi connectivity index (χ4v) is 4.16. The lowest BCUT2D eigenvalue weighted by Crippen LogP contribution is -2.45. The molecule has 0 unspecified atom stereocenters. The maximum absolute atomic E-state index is 13.1. The summed E-state index contributed by atoms with van der Waals surface area (Å²) >= 11 is 0. The molecule has 2 aliphatic heterocycles.